The minimum Gasteiger partial charge on any atom is -0.329 e. The van der Waals surface area contributed by atoms with Crippen LogP contribution in [0.4, 0.5) is 0 Å². The normalized spacial score (nSPS) is 19.9. The molecule has 2 N–H and O–H groups in total. The fraction of sp³-hybridized carbons (Fsp3) is 1.00. The van der Waals surface area contributed by atoms with E-state index in [0.717, 1.165) is 18.5 Å². The zero-order valence-electron chi connectivity index (χ0n) is 11.4. The third-order valence-electron chi connectivity index (χ3n) is 4.42. The molecule has 0 aromatic rings. The lowest BCUT2D eigenvalue weighted by molar-refractivity contribution is 0.0991. The molecule has 0 aromatic carbocycles. The number of likely N-dealkylation sites (N-methyl/N-ethyl adjacent to an activating group) is 1. The summed E-state index contributed by atoms with van der Waals surface area (Å²) in [4.78, 5) is 2.70. The molecule has 0 heterocycles. The molecule has 0 saturated heterocycles. The van der Waals surface area contributed by atoms with Crippen molar-refractivity contribution < 1.29 is 0 Å². The molecule has 0 radical (unpaired) electrons. The predicted octanol–water partition coefficient (Wildman–Crippen LogP) is 3.01. The van der Waals surface area contributed by atoms with Gasteiger partial charge in [0.2, 0.25) is 0 Å². The van der Waals surface area contributed by atoms with E-state index < -0.39 is 0 Å². The van der Waals surface area contributed by atoms with Gasteiger partial charge < -0.3 is 5.73 Å². The number of nitrogens with two attached hydrogens (primary N) is 1. The lowest BCUT2D eigenvalue weighted by Gasteiger charge is -2.39. The smallest absolute Gasteiger partial charge is 0.0249 e. The van der Waals surface area contributed by atoms with Crippen LogP contribution in [-0.4, -0.2) is 30.1 Å². The predicted molar refractivity (Wildman–Crippen MR) is 71.6 cm³/mol. The highest BCUT2D eigenvalue weighted by Gasteiger charge is 2.30. The Morgan fingerprint density at radius 2 is 1.69 bits per heavy atom. The fourth-order valence-electron chi connectivity index (χ4n) is 3.43. The summed E-state index contributed by atoms with van der Waals surface area (Å²) in [5.41, 5.74) is 6.03. The van der Waals surface area contributed by atoms with Crippen molar-refractivity contribution in [2.24, 2.45) is 11.7 Å². The van der Waals surface area contributed by atoms with E-state index in [-0.39, 0.29) is 0 Å². The van der Waals surface area contributed by atoms with Crippen LogP contribution in [0.2, 0.25) is 0 Å². The second-order valence-corrected chi connectivity index (χ2v) is 5.15. The summed E-state index contributed by atoms with van der Waals surface area (Å²) in [6.45, 7) is 8.90. The van der Waals surface area contributed by atoms with Gasteiger partial charge in [0.05, 0.1) is 0 Å². The highest BCUT2D eigenvalue weighted by Crippen LogP contribution is 2.28. The Morgan fingerprint density at radius 1 is 1.12 bits per heavy atom. The molecule has 16 heavy (non-hydrogen) atoms. The highest BCUT2D eigenvalue weighted by molar-refractivity contribution is 4.86. The fourth-order valence-corrected chi connectivity index (χ4v) is 3.43. The molecular weight excluding hydrogens is 196 g/mol. The zero-order chi connectivity index (χ0) is 12.0. The van der Waals surface area contributed by atoms with Crippen molar-refractivity contribution in [3.8, 4) is 0 Å². The van der Waals surface area contributed by atoms with Crippen LogP contribution in [0.25, 0.3) is 0 Å². The van der Waals surface area contributed by atoms with E-state index in [4.69, 9.17) is 5.73 Å². The first-order valence-electron chi connectivity index (χ1n) is 7.24. The van der Waals surface area contributed by atoms with Gasteiger partial charge in [-0.3, -0.25) is 4.90 Å². The summed E-state index contributed by atoms with van der Waals surface area (Å²) in [5, 5.41) is 0. The maximum Gasteiger partial charge on any atom is 0.0249 e. The van der Waals surface area contributed by atoms with Crippen molar-refractivity contribution in [3.63, 3.8) is 0 Å². The molecule has 0 bridgehead atoms. The largest absolute Gasteiger partial charge is 0.329 e. The Morgan fingerprint density at radius 3 is 2.06 bits per heavy atom. The van der Waals surface area contributed by atoms with Gasteiger partial charge in [0.25, 0.3) is 0 Å². The second-order valence-electron chi connectivity index (χ2n) is 5.15. The van der Waals surface area contributed by atoms with Crippen LogP contribution in [0.15, 0.2) is 0 Å². The van der Waals surface area contributed by atoms with Gasteiger partial charge in [0.15, 0.2) is 0 Å². The third-order valence-corrected chi connectivity index (χ3v) is 4.42. The molecule has 0 aliphatic heterocycles. The summed E-state index contributed by atoms with van der Waals surface area (Å²) >= 11 is 0. The molecule has 96 valence electrons. The summed E-state index contributed by atoms with van der Waals surface area (Å²) in [6.07, 6.45) is 8.15. The van der Waals surface area contributed by atoms with Crippen molar-refractivity contribution >= 4 is 0 Å². The van der Waals surface area contributed by atoms with Gasteiger partial charge in [-0.05, 0) is 25.3 Å². The summed E-state index contributed by atoms with van der Waals surface area (Å²) in [7, 11) is 0. The maximum absolute atomic E-state index is 6.03. The minimum absolute atomic E-state index is 0.614. The Bertz CT molecular complexity index is 164. The molecule has 1 aliphatic carbocycles. The third kappa shape index (κ3) is 3.21. The Labute approximate surface area is 102 Å². The van der Waals surface area contributed by atoms with Crippen molar-refractivity contribution in [2.45, 2.75) is 71.4 Å². The zero-order valence-corrected chi connectivity index (χ0v) is 11.4. The summed E-state index contributed by atoms with van der Waals surface area (Å²) in [5.74, 6) is 0.783. The van der Waals surface area contributed by atoms with E-state index in [1.807, 2.05) is 0 Å². The first kappa shape index (κ1) is 14.0. The first-order chi connectivity index (χ1) is 7.78. The van der Waals surface area contributed by atoms with Gasteiger partial charge in [-0.25, -0.2) is 0 Å². The second kappa shape index (κ2) is 7.29. The van der Waals surface area contributed by atoms with Crippen LogP contribution in [0.3, 0.4) is 0 Å². The Hall–Kier alpha value is -0.0800. The molecule has 2 nitrogen and oxygen atoms in total. The molecule has 1 saturated carbocycles. The average molecular weight is 226 g/mol. The quantitative estimate of drug-likeness (QED) is 0.723. The molecular formula is C14H30N2. The van der Waals surface area contributed by atoms with E-state index >= 15 is 0 Å². The number of hydrogen-bond donors (Lipinski definition) is 1. The van der Waals surface area contributed by atoms with E-state index in [1.165, 1.54) is 45.1 Å². The first-order valence-corrected chi connectivity index (χ1v) is 7.24. The van der Waals surface area contributed by atoms with E-state index in [1.54, 1.807) is 0 Å². The van der Waals surface area contributed by atoms with Crippen LogP contribution >= 0.6 is 0 Å². The minimum atomic E-state index is 0.614. The van der Waals surface area contributed by atoms with E-state index in [0.29, 0.717) is 6.04 Å². The van der Waals surface area contributed by atoms with Crippen LogP contribution in [0, 0.1) is 5.92 Å². The van der Waals surface area contributed by atoms with Gasteiger partial charge in [-0.1, -0.05) is 46.5 Å². The van der Waals surface area contributed by atoms with Crippen molar-refractivity contribution in [2.75, 3.05) is 13.1 Å². The van der Waals surface area contributed by atoms with Crippen LogP contribution in [0.5, 0.6) is 0 Å². The van der Waals surface area contributed by atoms with Gasteiger partial charge >= 0.3 is 0 Å². The maximum atomic E-state index is 6.03. The van der Waals surface area contributed by atoms with Crippen molar-refractivity contribution in [1.82, 2.24) is 4.90 Å². The Kier molecular flexibility index (Phi) is 6.37. The molecule has 1 rings (SSSR count). The summed E-state index contributed by atoms with van der Waals surface area (Å²) in [6, 6.07) is 1.43. The van der Waals surface area contributed by atoms with Crippen LogP contribution < -0.4 is 5.73 Å². The van der Waals surface area contributed by atoms with Gasteiger partial charge in [0, 0.05) is 18.6 Å². The molecule has 0 amide bonds. The van der Waals surface area contributed by atoms with Gasteiger partial charge in [-0.2, -0.15) is 0 Å². The SMILES string of the molecule is CCC(CC)C(CN)N(CC)C1CCCC1. The van der Waals surface area contributed by atoms with Gasteiger partial charge in [-0.15, -0.1) is 0 Å². The number of nitrogens with zero attached hydrogens (tertiary/aromatic N) is 1. The van der Waals surface area contributed by atoms with Crippen molar-refractivity contribution in [3.05, 3.63) is 0 Å². The van der Waals surface area contributed by atoms with Crippen LogP contribution in [0.1, 0.15) is 59.3 Å². The average Bonchev–Trinajstić information content (AvgIpc) is 2.83. The molecule has 2 heteroatoms. The number of rotatable bonds is 7. The van der Waals surface area contributed by atoms with Crippen molar-refractivity contribution in [1.29, 1.82) is 0 Å². The molecule has 0 spiro atoms. The number of hydrogen-bond acceptors (Lipinski definition) is 2. The molecule has 1 atom stereocenters. The standard InChI is InChI=1S/C14H30N2/c1-4-12(5-2)14(11-15)16(6-3)13-9-7-8-10-13/h12-14H,4-11,15H2,1-3H3. The molecule has 1 aliphatic rings. The topological polar surface area (TPSA) is 29.3 Å². The molecule has 1 fully saturated rings. The molecule has 0 aromatic heterocycles. The highest BCUT2D eigenvalue weighted by atomic mass is 15.2. The van der Waals surface area contributed by atoms with Crippen LogP contribution in [-0.2, 0) is 0 Å². The lowest BCUT2D eigenvalue weighted by Crippen LogP contribution is -2.49. The lowest BCUT2D eigenvalue weighted by atomic mass is 9.91. The van der Waals surface area contributed by atoms with Gasteiger partial charge in [0.1, 0.15) is 0 Å². The van der Waals surface area contributed by atoms with E-state index in [2.05, 4.69) is 25.7 Å². The molecule has 1 unspecified atom stereocenters. The Balaban J connectivity index is 2.65. The van der Waals surface area contributed by atoms with E-state index in [9.17, 15) is 0 Å². The summed E-state index contributed by atoms with van der Waals surface area (Å²) < 4.78 is 0. The monoisotopic (exact) mass is 226 g/mol.